The Kier molecular flexibility index (Phi) is 11.7. The second kappa shape index (κ2) is 10.6. The Morgan fingerprint density at radius 1 is 1.56 bits per heavy atom. The van der Waals surface area contributed by atoms with E-state index in [0.717, 1.165) is 0 Å². The van der Waals surface area contributed by atoms with Gasteiger partial charge in [-0.2, -0.15) is 0 Å². The third-order valence-electron chi connectivity index (χ3n) is 2.18. The third-order valence-corrected chi connectivity index (χ3v) is 4.04. The van der Waals surface area contributed by atoms with Crippen LogP contribution in [0.2, 0.25) is 0 Å². The largest absolute Gasteiger partial charge is 0.370 e. The molecule has 3 N–H and O–H groups in total. The summed E-state index contributed by atoms with van der Waals surface area (Å²) in [4.78, 5) is 4.06. The van der Waals surface area contributed by atoms with Crippen LogP contribution in [-0.2, 0) is 10.0 Å². The fraction of sp³-hybridized carbons (Fsp3) is 0.700. The number of guanidine groups is 1. The Balaban J connectivity index is 0. The van der Waals surface area contributed by atoms with E-state index in [0.29, 0.717) is 32.0 Å². The number of nitrogens with two attached hydrogens (primary N) is 1. The minimum absolute atomic E-state index is 0. The number of rotatable bonds is 8. The highest BCUT2D eigenvalue weighted by Gasteiger charge is 2.13. The van der Waals surface area contributed by atoms with Crippen LogP contribution in [0.1, 0.15) is 13.3 Å². The molecule has 0 atom stereocenters. The van der Waals surface area contributed by atoms with Crippen LogP contribution in [0.25, 0.3) is 0 Å². The quantitative estimate of drug-likeness (QED) is 0.206. The van der Waals surface area contributed by atoms with Gasteiger partial charge in [-0.05, 0) is 13.3 Å². The van der Waals surface area contributed by atoms with Crippen molar-refractivity contribution < 1.29 is 8.42 Å². The number of halogens is 1. The first-order valence-electron chi connectivity index (χ1n) is 5.52. The number of hydrogen-bond donors (Lipinski definition) is 2. The van der Waals surface area contributed by atoms with Crippen LogP contribution in [0.4, 0.5) is 0 Å². The van der Waals surface area contributed by atoms with Crippen molar-refractivity contribution in [3.8, 4) is 0 Å². The van der Waals surface area contributed by atoms with Crippen LogP contribution in [0.5, 0.6) is 0 Å². The normalized spacial score (nSPS) is 12.1. The molecule has 0 aromatic heterocycles. The van der Waals surface area contributed by atoms with Gasteiger partial charge in [-0.1, -0.05) is 6.08 Å². The minimum atomic E-state index is -3.09. The number of sulfonamides is 1. The molecule has 0 heterocycles. The maximum atomic E-state index is 11.4. The molecule has 6 nitrogen and oxygen atoms in total. The first kappa shape index (κ1) is 20.0. The first-order valence-corrected chi connectivity index (χ1v) is 7.13. The van der Waals surface area contributed by atoms with Crippen molar-refractivity contribution in [2.75, 3.05) is 32.4 Å². The summed E-state index contributed by atoms with van der Waals surface area (Å²) in [5.41, 5.74) is 5.55. The highest BCUT2D eigenvalue weighted by atomic mass is 127. The molecule has 8 heteroatoms. The fourth-order valence-electron chi connectivity index (χ4n) is 1.08. The number of hydrogen-bond acceptors (Lipinski definition) is 3. The molecule has 0 aromatic carbocycles. The van der Waals surface area contributed by atoms with E-state index in [1.165, 1.54) is 4.31 Å². The Labute approximate surface area is 127 Å². The van der Waals surface area contributed by atoms with Gasteiger partial charge in [-0.15, -0.1) is 30.6 Å². The standard InChI is InChI=1S/C10H22N4O2S.HI/c1-4-7-12-10(11)13-8-6-9-14(3)17(15,16)5-2;/h4H,1,5-9H2,2-3H3,(H3,11,12,13);1H. The van der Waals surface area contributed by atoms with Gasteiger partial charge in [0.2, 0.25) is 10.0 Å². The van der Waals surface area contributed by atoms with Crippen LogP contribution < -0.4 is 11.1 Å². The molecule has 0 fully saturated rings. The maximum absolute atomic E-state index is 11.4. The molecule has 108 valence electrons. The summed E-state index contributed by atoms with van der Waals surface area (Å²) in [7, 11) is -1.52. The van der Waals surface area contributed by atoms with Gasteiger partial charge < -0.3 is 11.1 Å². The van der Waals surface area contributed by atoms with E-state index in [4.69, 9.17) is 5.73 Å². The summed E-state index contributed by atoms with van der Waals surface area (Å²) in [5, 5.41) is 2.84. The average Bonchev–Trinajstić information content (AvgIpc) is 2.31. The summed E-state index contributed by atoms with van der Waals surface area (Å²) in [6.07, 6.45) is 2.33. The van der Waals surface area contributed by atoms with E-state index >= 15 is 0 Å². The second-order valence-electron chi connectivity index (χ2n) is 3.51. The van der Waals surface area contributed by atoms with Crippen LogP contribution in [0.15, 0.2) is 17.6 Å². The van der Waals surface area contributed by atoms with Crippen LogP contribution in [0.3, 0.4) is 0 Å². The van der Waals surface area contributed by atoms with Gasteiger partial charge in [0.25, 0.3) is 0 Å². The van der Waals surface area contributed by atoms with Crippen molar-refractivity contribution in [3.63, 3.8) is 0 Å². The van der Waals surface area contributed by atoms with E-state index in [-0.39, 0.29) is 29.7 Å². The lowest BCUT2D eigenvalue weighted by Crippen LogP contribution is -2.32. The molecule has 0 aromatic rings. The summed E-state index contributed by atoms with van der Waals surface area (Å²) in [6, 6.07) is 0. The lowest BCUT2D eigenvalue weighted by atomic mass is 10.4. The highest BCUT2D eigenvalue weighted by molar-refractivity contribution is 14.0. The van der Waals surface area contributed by atoms with Gasteiger partial charge in [0.05, 0.1) is 5.75 Å². The molecule has 0 aliphatic rings. The highest BCUT2D eigenvalue weighted by Crippen LogP contribution is 1.98. The van der Waals surface area contributed by atoms with Crippen LogP contribution in [-0.4, -0.2) is 51.1 Å². The van der Waals surface area contributed by atoms with Gasteiger partial charge >= 0.3 is 0 Å². The molecule has 0 rings (SSSR count). The number of nitrogens with zero attached hydrogens (tertiary/aromatic N) is 2. The van der Waals surface area contributed by atoms with Crippen LogP contribution in [0, 0.1) is 0 Å². The van der Waals surface area contributed by atoms with E-state index in [2.05, 4.69) is 16.9 Å². The molecule has 0 bridgehead atoms. The topological polar surface area (TPSA) is 87.8 Å². The lowest BCUT2D eigenvalue weighted by molar-refractivity contribution is 0.465. The monoisotopic (exact) mass is 390 g/mol. The molecule has 0 unspecified atom stereocenters. The number of nitrogens with one attached hydrogen (secondary N) is 1. The fourth-order valence-corrected chi connectivity index (χ4v) is 1.93. The third kappa shape index (κ3) is 8.70. The summed E-state index contributed by atoms with van der Waals surface area (Å²) >= 11 is 0. The number of aliphatic imine (C=N–C) groups is 1. The molecule has 0 amide bonds. The SMILES string of the molecule is C=CCNC(N)=NCCCN(C)S(=O)(=O)CC.I. The summed E-state index contributed by atoms with van der Waals surface area (Å²) in [6.45, 7) is 6.69. The molecule has 18 heavy (non-hydrogen) atoms. The zero-order chi connectivity index (χ0) is 13.3. The van der Waals surface area contributed by atoms with Gasteiger partial charge in [0.15, 0.2) is 5.96 Å². The Morgan fingerprint density at radius 3 is 2.67 bits per heavy atom. The molecule has 0 radical (unpaired) electrons. The van der Waals surface area contributed by atoms with Crippen LogP contribution >= 0.6 is 24.0 Å². The lowest BCUT2D eigenvalue weighted by Gasteiger charge is -2.14. The van der Waals surface area contributed by atoms with Gasteiger partial charge in [-0.25, -0.2) is 12.7 Å². The van der Waals surface area contributed by atoms with E-state index in [1.807, 2.05) is 0 Å². The molecule has 0 saturated heterocycles. The van der Waals surface area contributed by atoms with Crippen molar-refractivity contribution in [1.82, 2.24) is 9.62 Å². The molecular formula is C10H23IN4O2S. The molecule has 0 aliphatic carbocycles. The molecule has 0 aliphatic heterocycles. The van der Waals surface area contributed by atoms with E-state index in [9.17, 15) is 8.42 Å². The average molecular weight is 390 g/mol. The van der Waals surface area contributed by atoms with Gasteiger partial charge in [-0.3, -0.25) is 4.99 Å². The molecule has 0 spiro atoms. The Bertz CT molecular complexity index is 357. The summed E-state index contributed by atoms with van der Waals surface area (Å²) < 4.78 is 24.2. The van der Waals surface area contributed by atoms with Gasteiger partial charge in [0.1, 0.15) is 0 Å². The van der Waals surface area contributed by atoms with Crippen molar-refractivity contribution >= 4 is 40.0 Å². The Morgan fingerprint density at radius 2 is 2.17 bits per heavy atom. The predicted molar refractivity (Wildman–Crippen MR) is 86.8 cm³/mol. The van der Waals surface area contributed by atoms with E-state index in [1.54, 1.807) is 20.0 Å². The Hall–Kier alpha value is -0.350. The zero-order valence-electron chi connectivity index (χ0n) is 10.9. The summed E-state index contributed by atoms with van der Waals surface area (Å²) in [5.74, 6) is 0.474. The molecule has 0 saturated carbocycles. The zero-order valence-corrected chi connectivity index (χ0v) is 14.1. The van der Waals surface area contributed by atoms with Crippen molar-refractivity contribution in [3.05, 3.63) is 12.7 Å². The smallest absolute Gasteiger partial charge is 0.213 e. The van der Waals surface area contributed by atoms with Crippen molar-refractivity contribution in [2.24, 2.45) is 10.7 Å². The maximum Gasteiger partial charge on any atom is 0.213 e. The predicted octanol–water partition coefficient (Wildman–Crippen LogP) is 0.366. The first-order chi connectivity index (χ1) is 7.94. The van der Waals surface area contributed by atoms with Crippen molar-refractivity contribution in [1.29, 1.82) is 0 Å². The van der Waals surface area contributed by atoms with Gasteiger partial charge in [0, 0.05) is 26.7 Å². The van der Waals surface area contributed by atoms with Crippen molar-refractivity contribution in [2.45, 2.75) is 13.3 Å². The minimum Gasteiger partial charge on any atom is -0.370 e. The molecular weight excluding hydrogens is 367 g/mol. The van der Waals surface area contributed by atoms with E-state index < -0.39 is 10.0 Å². The second-order valence-corrected chi connectivity index (χ2v) is 5.88.